The molecule has 0 fully saturated rings. The van der Waals surface area contributed by atoms with Crippen LogP contribution in [0, 0.1) is 82.8 Å². The number of rotatable bonds is 9. The molecular formula is C22H28CuLuN5O14. The first-order valence-corrected chi connectivity index (χ1v) is 11.0. The molecule has 0 saturated carbocycles. The van der Waals surface area contributed by atoms with Crippen LogP contribution in [0.5, 0.6) is 23.0 Å². The zero-order valence-corrected chi connectivity index (χ0v) is 25.5. The van der Waals surface area contributed by atoms with Crippen molar-refractivity contribution in [1.82, 2.24) is 0 Å². The molecule has 0 saturated heterocycles. The summed E-state index contributed by atoms with van der Waals surface area (Å²) in [5.74, 6) is 0.291. The van der Waals surface area contributed by atoms with Crippen molar-refractivity contribution >= 4 is 12.4 Å². The molecule has 0 bridgehead atoms. The van der Waals surface area contributed by atoms with Crippen molar-refractivity contribution in [1.29, 1.82) is 0 Å². The second kappa shape index (κ2) is 31.2. The van der Waals surface area contributed by atoms with Crippen molar-refractivity contribution in [3.8, 4) is 23.0 Å². The van der Waals surface area contributed by atoms with Crippen molar-refractivity contribution in [2.75, 3.05) is 26.9 Å². The molecule has 0 aliphatic heterocycles. The molecule has 0 aromatic heterocycles. The van der Waals surface area contributed by atoms with Crippen molar-refractivity contribution in [3.05, 3.63) is 93.5 Å². The van der Waals surface area contributed by atoms with Gasteiger partial charge in [0.15, 0.2) is 0 Å². The molecule has 2 aromatic carbocycles. The molecule has 251 valence electrons. The van der Waals surface area contributed by atoms with Crippen LogP contribution in [0.25, 0.3) is 0 Å². The van der Waals surface area contributed by atoms with Crippen molar-refractivity contribution in [2.24, 2.45) is 9.98 Å². The Kier molecular flexibility index (Phi) is 35.6. The van der Waals surface area contributed by atoms with Crippen LogP contribution < -0.4 is 19.7 Å². The van der Waals surface area contributed by atoms with Gasteiger partial charge in [0.2, 0.25) is 0 Å². The molecule has 0 heterocycles. The van der Waals surface area contributed by atoms with Crippen LogP contribution in [0.2, 0.25) is 0 Å². The average Bonchev–Trinajstić information content (AvgIpc) is 2.87. The molecule has 19 nitrogen and oxygen atoms in total. The van der Waals surface area contributed by atoms with E-state index >= 15 is 0 Å². The van der Waals surface area contributed by atoms with Crippen molar-refractivity contribution < 1.29 is 94.0 Å². The van der Waals surface area contributed by atoms with Crippen molar-refractivity contribution in [3.63, 3.8) is 0 Å². The summed E-state index contributed by atoms with van der Waals surface area (Å²) in [6.07, 6.45) is 3.07. The molecule has 21 heteroatoms. The van der Waals surface area contributed by atoms with Gasteiger partial charge in [-0.25, -0.2) is 0 Å². The summed E-state index contributed by atoms with van der Waals surface area (Å²) in [5.41, 5.74) is 0.950. The third kappa shape index (κ3) is 29.6. The van der Waals surface area contributed by atoms with Gasteiger partial charge in [-0.3, -0.25) is 9.98 Å². The van der Waals surface area contributed by atoms with Crippen LogP contribution in [-0.4, -0.2) is 65.7 Å². The number of aliphatic hydroxyl groups is 1. The van der Waals surface area contributed by atoms with Gasteiger partial charge in [-0.15, -0.1) is 0 Å². The maximum Gasteiger partial charge on any atom is 3.00 e. The Labute approximate surface area is 285 Å². The van der Waals surface area contributed by atoms with E-state index in [4.69, 9.17) is 60.5 Å². The molecule has 0 amide bonds. The smallest absolute Gasteiger partial charge is 0.870 e. The van der Waals surface area contributed by atoms with Crippen LogP contribution in [0.15, 0.2) is 46.4 Å². The summed E-state index contributed by atoms with van der Waals surface area (Å²) < 4.78 is 10.6. The number of aliphatic imine (C=N–C) groups is 2. The number of benzene rings is 2. The molecule has 2 rings (SSSR count). The average molecular weight is 825 g/mol. The summed E-state index contributed by atoms with van der Waals surface area (Å²) in [7, 11) is 1.00. The number of hydrogen-bond acceptors (Lipinski definition) is 16. The fourth-order valence-electron chi connectivity index (χ4n) is 2.37. The van der Waals surface area contributed by atoms with E-state index in [9.17, 15) is 10.2 Å². The number of nitrogens with zero attached hydrogens (tertiary/aromatic N) is 5. The van der Waals surface area contributed by atoms with Crippen LogP contribution >= 0.6 is 0 Å². The fourth-order valence-corrected chi connectivity index (χ4v) is 2.37. The van der Waals surface area contributed by atoms with Gasteiger partial charge in [-0.05, 0) is 44.0 Å². The third-order valence-electron chi connectivity index (χ3n) is 3.69. The van der Waals surface area contributed by atoms with E-state index in [2.05, 4.69) is 9.98 Å². The van der Waals surface area contributed by atoms with Gasteiger partial charge in [0.25, 0.3) is 0 Å². The van der Waals surface area contributed by atoms with Gasteiger partial charge in [0, 0.05) is 19.5 Å². The predicted octanol–water partition coefficient (Wildman–Crippen LogP) is 1.45. The Bertz CT molecular complexity index is 1070. The molecule has 0 unspecified atom stereocenters. The van der Waals surface area contributed by atoms with Crippen LogP contribution in [-0.2, 0) is 17.1 Å². The van der Waals surface area contributed by atoms with Gasteiger partial charge in [-0.1, -0.05) is 35.8 Å². The summed E-state index contributed by atoms with van der Waals surface area (Å²) in [5, 5.41) is 75.6. The van der Waals surface area contributed by atoms with Gasteiger partial charge >= 0.3 is 53.9 Å². The standard InChI is InChI=1S/C21H26N2O4.CH4O.Cu.Lu.3NO3/c1-4-26-18-10-6-8-16(20(18)24)13-22-12-15(3)23-14-17-9-7-11-19(21(17)25)27-5-2;1-2;;;3*2-1(3)4/h6-11,13-15,24-25H,4-5,12H2,1-3H3;2H,1H3;;;;;/q;;+2;+3;3*-1/p-2/t15-;;;;;;/m0....../s1. The third-order valence-corrected chi connectivity index (χ3v) is 3.69. The molecular weight excluding hydrogens is 797 g/mol. The largest absolute Gasteiger partial charge is 3.00 e. The Balaban J connectivity index is -0.000000254. The van der Waals surface area contributed by atoms with Gasteiger partial charge in [0.05, 0.1) is 41.1 Å². The van der Waals surface area contributed by atoms with Gasteiger partial charge in [-0.2, -0.15) is 0 Å². The minimum atomic E-state index is -1.75. The minimum absolute atomic E-state index is 0. The minimum Gasteiger partial charge on any atom is -0.870 e. The Hall–Kier alpha value is -3.71. The maximum absolute atomic E-state index is 12.2. The molecule has 1 radical (unpaired) electrons. The molecule has 0 spiro atoms. The second-order valence-electron chi connectivity index (χ2n) is 6.51. The molecule has 1 atom stereocenters. The monoisotopic (exact) mass is 824 g/mol. The SMILES string of the molecule is CCOc1cccc(C=NC[C@H](C)N=Cc2cccc(OCC)c2[O-])c1[O-].CO.O=[N+]([O-])[O-].O=[N+]([O-])[O-].O=[N+]([O-])[O-].[Cu+2].[Lu+3]. The first-order chi connectivity index (χ1) is 19.3. The quantitative estimate of drug-likeness (QED) is 0.162. The summed E-state index contributed by atoms with van der Waals surface area (Å²) >= 11 is 0. The van der Waals surface area contributed by atoms with E-state index < -0.39 is 15.3 Å². The van der Waals surface area contributed by atoms with E-state index in [1.165, 1.54) is 6.21 Å². The Morgan fingerprint density at radius 2 is 1.09 bits per heavy atom. The van der Waals surface area contributed by atoms with Crippen LogP contribution in [0.1, 0.15) is 31.9 Å². The summed E-state index contributed by atoms with van der Waals surface area (Å²) in [6.45, 7) is 6.82. The zero-order valence-electron chi connectivity index (χ0n) is 22.9. The van der Waals surface area contributed by atoms with E-state index in [0.717, 1.165) is 7.11 Å². The van der Waals surface area contributed by atoms with Crippen molar-refractivity contribution in [2.45, 2.75) is 26.8 Å². The second-order valence-corrected chi connectivity index (χ2v) is 6.51. The number of para-hydroxylation sites is 2. The van der Waals surface area contributed by atoms with E-state index in [-0.39, 0.29) is 71.5 Å². The fraction of sp³-hybridized carbons (Fsp3) is 0.364. The summed E-state index contributed by atoms with van der Waals surface area (Å²) in [4.78, 5) is 33.4. The first kappa shape index (κ1) is 49.0. The topological polar surface area (TPSA) is 308 Å². The first-order valence-electron chi connectivity index (χ1n) is 11.0. The van der Waals surface area contributed by atoms with Gasteiger partial charge in [0.1, 0.15) is 11.5 Å². The van der Waals surface area contributed by atoms with Crippen LogP contribution in [0.3, 0.4) is 0 Å². The molecule has 43 heavy (non-hydrogen) atoms. The molecule has 0 aliphatic carbocycles. The van der Waals surface area contributed by atoms with E-state index in [1.54, 1.807) is 42.6 Å². The molecule has 2 aromatic rings. The normalized spacial score (nSPS) is 9.70. The number of aliphatic hydroxyl groups excluding tert-OH is 1. The van der Waals surface area contributed by atoms with E-state index in [1.807, 2.05) is 20.8 Å². The number of hydrogen-bond donors (Lipinski definition) is 1. The maximum atomic E-state index is 12.2. The molecule has 0 aliphatic rings. The Morgan fingerprint density at radius 3 is 1.42 bits per heavy atom. The molecule has 1 N–H and O–H groups in total. The van der Waals surface area contributed by atoms with Crippen LogP contribution in [0.4, 0.5) is 0 Å². The van der Waals surface area contributed by atoms with E-state index in [0.29, 0.717) is 42.4 Å². The zero-order chi connectivity index (χ0) is 32.4. The van der Waals surface area contributed by atoms with Gasteiger partial charge < -0.3 is 70.8 Å². The Morgan fingerprint density at radius 1 is 0.767 bits per heavy atom. The predicted molar refractivity (Wildman–Crippen MR) is 143 cm³/mol. The number of ether oxygens (including phenoxy) is 2. The summed E-state index contributed by atoms with van der Waals surface area (Å²) in [6, 6.07) is 10.1.